The summed E-state index contributed by atoms with van der Waals surface area (Å²) in [5.41, 5.74) is 6.68. The van der Waals surface area contributed by atoms with Gasteiger partial charge < -0.3 is 10.5 Å². The number of allylic oxidation sites excluding steroid dienone is 2. The molecular weight excluding hydrogens is 386 g/mol. The molecule has 0 bridgehead atoms. The zero-order valence-corrected chi connectivity index (χ0v) is 17.6. The lowest BCUT2D eigenvalue weighted by molar-refractivity contribution is 0.213. The van der Waals surface area contributed by atoms with Crippen LogP contribution in [0, 0.1) is 45.3 Å². The fraction of sp³-hybridized carbons (Fsp3) is 0.320. The summed E-state index contributed by atoms with van der Waals surface area (Å²) < 4.78 is 5.74. The highest BCUT2D eigenvalue weighted by Gasteiger charge is 2.55. The topological polar surface area (TPSA) is 110 Å². The first kappa shape index (κ1) is 20.5. The lowest BCUT2D eigenvalue weighted by Gasteiger charge is -2.46. The van der Waals surface area contributed by atoms with E-state index >= 15 is 0 Å². The van der Waals surface area contributed by atoms with E-state index in [1.807, 2.05) is 42.5 Å². The number of hydrogen-bond acceptors (Lipinski definition) is 6. The number of nitrogens with two attached hydrogens (primary N) is 1. The molecular formula is C25H23N5O. The number of rotatable bonds is 3. The molecule has 1 aliphatic carbocycles. The molecule has 0 radical (unpaired) electrons. The summed E-state index contributed by atoms with van der Waals surface area (Å²) in [5.74, 6) is -0.212. The second-order valence-corrected chi connectivity index (χ2v) is 7.93. The highest BCUT2D eigenvalue weighted by Crippen LogP contribution is 2.57. The highest BCUT2D eigenvalue weighted by molar-refractivity contribution is 5.89. The quantitative estimate of drug-likeness (QED) is 0.829. The van der Waals surface area contributed by atoms with Gasteiger partial charge in [-0.2, -0.15) is 15.8 Å². The van der Waals surface area contributed by atoms with Gasteiger partial charge in [-0.15, -0.1) is 0 Å². The molecule has 1 aliphatic heterocycles. The van der Waals surface area contributed by atoms with Crippen LogP contribution < -0.4 is 10.5 Å². The fourth-order valence-corrected chi connectivity index (χ4v) is 5.08. The van der Waals surface area contributed by atoms with E-state index in [9.17, 15) is 15.8 Å². The van der Waals surface area contributed by atoms with Crippen LogP contribution in [0.5, 0.6) is 5.75 Å². The second kappa shape index (κ2) is 7.80. The Hall–Kier alpha value is -3.79. The normalized spacial score (nSPS) is 22.6. The molecule has 2 aliphatic rings. The lowest BCUT2D eigenvalue weighted by Crippen LogP contribution is -2.48. The summed E-state index contributed by atoms with van der Waals surface area (Å²) in [6.07, 6.45) is 2.02. The highest BCUT2D eigenvalue weighted by atomic mass is 16.5. The molecule has 0 unspecified atom stereocenters. The zero-order chi connectivity index (χ0) is 22.2. The first-order valence-corrected chi connectivity index (χ1v) is 10.3. The lowest BCUT2D eigenvalue weighted by atomic mass is 9.57. The molecule has 4 rings (SSSR count). The van der Waals surface area contributed by atoms with Gasteiger partial charge in [0.2, 0.25) is 0 Å². The van der Waals surface area contributed by atoms with E-state index in [0.717, 1.165) is 28.5 Å². The van der Waals surface area contributed by atoms with Crippen LogP contribution in [0.4, 0.5) is 0 Å². The zero-order valence-electron chi connectivity index (χ0n) is 17.6. The fourth-order valence-electron chi connectivity index (χ4n) is 5.08. The summed E-state index contributed by atoms with van der Waals surface area (Å²) in [7, 11) is 1.59. The third kappa shape index (κ3) is 2.87. The van der Waals surface area contributed by atoms with Crippen molar-refractivity contribution in [2.75, 3.05) is 26.7 Å². The number of hydrogen-bond donors (Lipinski definition) is 1. The van der Waals surface area contributed by atoms with Crippen molar-refractivity contribution in [1.29, 1.82) is 15.8 Å². The minimum atomic E-state index is -1.68. The van der Waals surface area contributed by atoms with Crippen molar-refractivity contribution >= 4 is 10.8 Å². The average Bonchev–Trinajstić information content (AvgIpc) is 2.82. The molecule has 0 saturated carbocycles. The van der Waals surface area contributed by atoms with Crippen molar-refractivity contribution in [2.45, 2.75) is 12.8 Å². The average molecular weight is 409 g/mol. The van der Waals surface area contributed by atoms with Gasteiger partial charge in [0.1, 0.15) is 11.8 Å². The smallest absolute Gasteiger partial charge is 0.191 e. The first-order valence-electron chi connectivity index (χ1n) is 10.3. The van der Waals surface area contributed by atoms with Crippen LogP contribution in [0.2, 0.25) is 0 Å². The van der Waals surface area contributed by atoms with Gasteiger partial charge in [0, 0.05) is 30.5 Å². The van der Waals surface area contributed by atoms with Gasteiger partial charge >= 0.3 is 0 Å². The maximum absolute atomic E-state index is 10.3. The van der Waals surface area contributed by atoms with Crippen LogP contribution >= 0.6 is 0 Å². The van der Waals surface area contributed by atoms with E-state index in [1.54, 1.807) is 7.11 Å². The van der Waals surface area contributed by atoms with E-state index in [0.29, 0.717) is 18.8 Å². The Labute approximate surface area is 182 Å². The van der Waals surface area contributed by atoms with Crippen molar-refractivity contribution < 1.29 is 4.74 Å². The van der Waals surface area contributed by atoms with Crippen LogP contribution in [-0.4, -0.2) is 31.6 Å². The number of ether oxygens (including phenoxy) is 1. The minimum absolute atomic E-state index is 0.0347. The maximum Gasteiger partial charge on any atom is 0.191 e. The maximum atomic E-state index is 10.3. The summed E-state index contributed by atoms with van der Waals surface area (Å²) >= 11 is 0. The van der Waals surface area contributed by atoms with E-state index in [-0.39, 0.29) is 17.2 Å². The molecule has 154 valence electrons. The predicted molar refractivity (Wildman–Crippen MR) is 117 cm³/mol. The Bertz CT molecular complexity index is 1220. The number of fused-ring (bicyclic) bond motifs is 2. The second-order valence-electron chi connectivity index (χ2n) is 7.93. The predicted octanol–water partition coefficient (Wildman–Crippen LogP) is 3.59. The molecule has 0 amide bonds. The molecule has 6 heteroatoms. The van der Waals surface area contributed by atoms with Crippen LogP contribution in [0.25, 0.3) is 10.8 Å². The van der Waals surface area contributed by atoms with Gasteiger partial charge in [-0.3, -0.25) is 4.90 Å². The number of nitriles is 3. The van der Waals surface area contributed by atoms with Crippen molar-refractivity contribution in [3.63, 3.8) is 0 Å². The molecule has 0 fully saturated rings. The molecule has 0 spiro atoms. The molecule has 2 aromatic rings. The van der Waals surface area contributed by atoms with Crippen LogP contribution in [0.3, 0.4) is 0 Å². The largest absolute Gasteiger partial charge is 0.496 e. The molecule has 31 heavy (non-hydrogen) atoms. The van der Waals surface area contributed by atoms with E-state index in [4.69, 9.17) is 10.5 Å². The van der Waals surface area contributed by atoms with Crippen molar-refractivity contribution in [2.24, 2.45) is 17.1 Å². The molecule has 1 heterocycles. The standard InChI is InChI=1S/C25H23N5O/c1-3-30-11-10-18-19(12-26)24(29)25(14-27,15-28)23(20(18)13-30)22-17-7-5-4-6-16(17)8-9-21(22)31-2/h4-10,20,23H,3,11,13,29H2,1-2H3/t20-,23-/m0/s1. The van der Waals surface area contributed by atoms with Crippen LogP contribution in [0.1, 0.15) is 18.4 Å². The molecule has 0 aromatic heterocycles. The number of likely N-dealkylation sites (N-methyl/N-ethyl adjacent to an activating group) is 1. The van der Waals surface area contributed by atoms with Gasteiger partial charge in [-0.05, 0) is 29.0 Å². The Balaban J connectivity index is 2.13. The first-order chi connectivity index (χ1) is 15.1. The van der Waals surface area contributed by atoms with Gasteiger partial charge in [0.25, 0.3) is 0 Å². The summed E-state index contributed by atoms with van der Waals surface area (Å²) in [4.78, 5) is 2.24. The monoisotopic (exact) mass is 409 g/mol. The van der Waals surface area contributed by atoms with Crippen LogP contribution in [0.15, 0.2) is 59.3 Å². The third-order valence-corrected chi connectivity index (χ3v) is 6.65. The van der Waals surface area contributed by atoms with E-state index < -0.39 is 11.3 Å². The van der Waals surface area contributed by atoms with Crippen molar-refractivity contribution in [1.82, 2.24) is 4.90 Å². The van der Waals surface area contributed by atoms with Crippen LogP contribution in [-0.2, 0) is 0 Å². The number of nitrogens with zero attached hydrogens (tertiary/aromatic N) is 4. The Morgan fingerprint density at radius 2 is 1.90 bits per heavy atom. The molecule has 6 nitrogen and oxygen atoms in total. The Morgan fingerprint density at radius 1 is 1.16 bits per heavy atom. The Kier molecular flexibility index (Phi) is 5.15. The molecule has 2 N–H and O–H groups in total. The number of benzene rings is 2. The third-order valence-electron chi connectivity index (χ3n) is 6.65. The van der Waals surface area contributed by atoms with E-state index in [2.05, 4.69) is 30.0 Å². The summed E-state index contributed by atoms with van der Waals surface area (Å²) in [6.45, 7) is 4.23. The summed E-state index contributed by atoms with van der Waals surface area (Å²) in [5, 5.41) is 32.5. The Morgan fingerprint density at radius 3 is 2.55 bits per heavy atom. The summed E-state index contributed by atoms with van der Waals surface area (Å²) in [6, 6.07) is 18.3. The van der Waals surface area contributed by atoms with Crippen molar-refractivity contribution in [3.8, 4) is 24.0 Å². The number of methoxy groups -OCH3 is 1. The van der Waals surface area contributed by atoms with E-state index in [1.165, 1.54) is 0 Å². The minimum Gasteiger partial charge on any atom is -0.496 e. The van der Waals surface area contributed by atoms with Gasteiger partial charge in [-0.25, -0.2) is 0 Å². The van der Waals surface area contributed by atoms with Gasteiger partial charge in [0.05, 0.1) is 30.5 Å². The SMILES string of the molecule is CCN1CC=C2C(C#N)=C(N)C(C#N)(C#N)[C@H](c3c(OC)ccc4ccccc34)[C@H]2C1. The van der Waals surface area contributed by atoms with Crippen molar-refractivity contribution in [3.05, 3.63) is 64.9 Å². The molecule has 0 saturated heterocycles. The molecule has 2 aromatic carbocycles. The molecule has 2 atom stereocenters. The van der Waals surface area contributed by atoms with Gasteiger partial charge in [-0.1, -0.05) is 43.3 Å². The van der Waals surface area contributed by atoms with Gasteiger partial charge in [0.15, 0.2) is 5.41 Å².